The molecule has 0 unspecified atom stereocenters. The molecule has 2 N–H and O–H groups in total. The molecule has 0 atom stereocenters. The van der Waals surface area contributed by atoms with E-state index in [4.69, 9.17) is 5.11 Å². The largest absolute Gasteiger partial charge is 0.476 e. The molecule has 0 saturated heterocycles. The minimum Gasteiger partial charge on any atom is -0.476 e. The van der Waals surface area contributed by atoms with E-state index < -0.39 is 5.97 Å². The highest BCUT2D eigenvalue weighted by Crippen LogP contribution is 2.15. The Morgan fingerprint density at radius 1 is 1.50 bits per heavy atom. The van der Waals surface area contributed by atoms with Crippen molar-refractivity contribution in [2.45, 2.75) is 13.8 Å². The molecule has 1 heterocycles. The monoisotopic (exact) mass is 197 g/mol. The normalized spacial score (nSPS) is 9.93. The SMILES string of the molecule is CC(=O)Nc1nc(C)n(C)c1C(=O)O. The van der Waals surface area contributed by atoms with Gasteiger partial charge in [0.1, 0.15) is 5.82 Å². The number of rotatable bonds is 2. The molecule has 1 aromatic rings. The number of carboxylic acids is 1. The van der Waals surface area contributed by atoms with E-state index in [1.54, 1.807) is 14.0 Å². The Labute approximate surface area is 80.6 Å². The van der Waals surface area contributed by atoms with Crippen molar-refractivity contribution in [2.75, 3.05) is 5.32 Å². The summed E-state index contributed by atoms with van der Waals surface area (Å²) in [5, 5.41) is 11.2. The molecule has 0 bridgehead atoms. The second kappa shape index (κ2) is 3.49. The summed E-state index contributed by atoms with van der Waals surface area (Å²) in [5.41, 5.74) is -0.0160. The Bertz CT molecular complexity index is 395. The zero-order valence-corrected chi connectivity index (χ0v) is 8.16. The van der Waals surface area contributed by atoms with Crippen LogP contribution in [0.15, 0.2) is 0 Å². The van der Waals surface area contributed by atoms with E-state index in [1.165, 1.54) is 11.5 Å². The summed E-state index contributed by atoms with van der Waals surface area (Å²) >= 11 is 0. The van der Waals surface area contributed by atoms with Crippen molar-refractivity contribution in [3.05, 3.63) is 11.5 Å². The summed E-state index contributed by atoms with van der Waals surface area (Å²) in [5.74, 6) is -0.835. The molecule has 0 saturated carbocycles. The van der Waals surface area contributed by atoms with Gasteiger partial charge < -0.3 is 15.0 Å². The van der Waals surface area contributed by atoms with Gasteiger partial charge in [0.25, 0.3) is 0 Å². The molecule has 0 aliphatic carbocycles. The minimum atomic E-state index is -1.11. The first-order valence-electron chi connectivity index (χ1n) is 3.97. The number of imidazole rings is 1. The van der Waals surface area contributed by atoms with Gasteiger partial charge in [-0.3, -0.25) is 4.79 Å². The fourth-order valence-electron chi connectivity index (χ4n) is 1.11. The first-order chi connectivity index (χ1) is 6.43. The second-order valence-electron chi connectivity index (χ2n) is 2.90. The van der Waals surface area contributed by atoms with Gasteiger partial charge in [0.2, 0.25) is 5.91 Å². The number of hydrogen-bond donors (Lipinski definition) is 2. The van der Waals surface area contributed by atoms with Crippen molar-refractivity contribution in [1.29, 1.82) is 0 Å². The fraction of sp³-hybridized carbons (Fsp3) is 0.375. The molecule has 1 rings (SSSR count). The van der Waals surface area contributed by atoms with Crippen molar-refractivity contribution in [2.24, 2.45) is 7.05 Å². The van der Waals surface area contributed by atoms with E-state index >= 15 is 0 Å². The maximum atomic E-state index is 10.8. The average Bonchev–Trinajstić information content (AvgIpc) is 2.26. The summed E-state index contributed by atoms with van der Waals surface area (Å²) in [6.07, 6.45) is 0. The van der Waals surface area contributed by atoms with Gasteiger partial charge in [-0.05, 0) is 6.92 Å². The van der Waals surface area contributed by atoms with Crippen LogP contribution in [-0.2, 0) is 11.8 Å². The van der Waals surface area contributed by atoms with Crippen LogP contribution >= 0.6 is 0 Å². The number of carboxylic acid groups (broad SMARTS) is 1. The molecule has 0 aliphatic rings. The van der Waals surface area contributed by atoms with E-state index in [2.05, 4.69) is 10.3 Å². The third-order valence-electron chi connectivity index (χ3n) is 1.82. The lowest BCUT2D eigenvalue weighted by Gasteiger charge is -2.00. The smallest absolute Gasteiger partial charge is 0.356 e. The average molecular weight is 197 g/mol. The number of carbonyl (C=O) groups is 2. The van der Waals surface area contributed by atoms with Gasteiger partial charge in [-0.2, -0.15) is 0 Å². The van der Waals surface area contributed by atoms with Gasteiger partial charge in [0.05, 0.1) is 0 Å². The van der Waals surface area contributed by atoms with Crippen LogP contribution in [0.25, 0.3) is 0 Å². The Kier molecular flexibility index (Phi) is 2.55. The molecule has 0 aromatic carbocycles. The standard InChI is InChI=1S/C8H11N3O3/c1-4-9-7(10-5(2)12)6(8(13)14)11(4)3/h1-3H3,(H,10,12)(H,13,14). The lowest BCUT2D eigenvalue weighted by atomic mass is 10.4. The van der Waals surface area contributed by atoms with Gasteiger partial charge in [0.15, 0.2) is 11.5 Å². The zero-order chi connectivity index (χ0) is 10.9. The Balaban J connectivity index is 3.22. The summed E-state index contributed by atoms with van der Waals surface area (Å²) < 4.78 is 1.41. The summed E-state index contributed by atoms with van der Waals surface area (Å²) in [7, 11) is 1.58. The van der Waals surface area contributed by atoms with Crippen LogP contribution in [0.4, 0.5) is 5.82 Å². The molecule has 6 heteroatoms. The van der Waals surface area contributed by atoms with Crippen LogP contribution in [0, 0.1) is 6.92 Å². The number of amides is 1. The first kappa shape index (κ1) is 10.2. The van der Waals surface area contributed by atoms with Crippen molar-refractivity contribution in [3.8, 4) is 0 Å². The summed E-state index contributed by atoms with van der Waals surface area (Å²) in [4.78, 5) is 25.5. The molecule has 6 nitrogen and oxygen atoms in total. The van der Waals surface area contributed by atoms with Crippen LogP contribution < -0.4 is 5.32 Å². The molecule has 1 amide bonds. The molecular weight excluding hydrogens is 186 g/mol. The van der Waals surface area contributed by atoms with E-state index in [0.717, 1.165) is 0 Å². The van der Waals surface area contributed by atoms with Crippen molar-refractivity contribution < 1.29 is 14.7 Å². The van der Waals surface area contributed by atoms with Crippen LogP contribution in [0.1, 0.15) is 23.2 Å². The Morgan fingerprint density at radius 3 is 2.50 bits per heavy atom. The third-order valence-corrected chi connectivity index (χ3v) is 1.82. The van der Waals surface area contributed by atoms with E-state index in [-0.39, 0.29) is 17.4 Å². The number of aromatic carboxylic acids is 1. The number of aryl methyl sites for hydroxylation is 1. The highest BCUT2D eigenvalue weighted by atomic mass is 16.4. The molecule has 1 aromatic heterocycles. The van der Waals surface area contributed by atoms with Crippen LogP contribution in [-0.4, -0.2) is 26.5 Å². The highest BCUT2D eigenvalue weighted by molar-refractivity contribution is 5.97. The van der Waals surface area contributed by atoms with Crippen LogP contribution in [0.2, 0.25) is 0 Å². The second-order valence-corrected chi connectivity index (χ2v) is 2.90. The highest BCUT2D eigenvalue weighted by Gasteiger charge is 2.19. The number of anilines is 1. The molecule has 76 valence electrons. The summed E-state index contributed by atoms with van der Waals surface area (Å²) in [6, 6.07) is 0. The Hall–Kier alpha value is -1.85. The maximum absolute atomic E-state index is 10.8. The molecular formula is C8H11N3O3. The van der Waals surface area contributed by atoms with Crippen molar-refractivity contribution in [1.82, 2.24) is 9.55 Å². The van der Waals surface area contributed by atoms with E-state index in [0.29, 0.717) is 5.82 Å². The number of carbonyl (C=O) groups excluding carboxylic acids is 1. The quantitative estimate of drug-likeness (QED) is 0.718. The molecule has 14 heavy (non-hydrogen) atoms. The van der Waals surface area contributed by atoms with Crippen LogP contribution in [0.5, 0.6) is 0 Å². The van der Waals surface area contributed by atoms with E-state index in [1.807, 2.05) is 0 Å². The lowest BCUT2D eigenvalue weighted by molar-refractivity contribution is -0.114. The molecule has 0 aliphatic heterocycles. The maximum Gasteiger partial charge on any atom is 0.356 e. The van der Waals surface area contributed by atoms with Gasteiger partial charge in [-0.1, -0.05) is 0 Å². The first-order valence-corrected chi connectivity index (χ1v) is 3.97. The topological polar surface area (TPSA) is 84.2 Å². The number of nitrogens with zero attached hydrogens (tertiary/aromatic N) is 2. The van der Waals surface area contributed by atoms with Gasteiger partial charge in [-0.25, -0.2) is 9.78 Å². The predicted molar refractivity (Wildman–Crippen MR) is 49.2 cm³/mol. The summed E-state index contributed by atoms with van der Waals surface area (Å²) in [6.45, 7) is 2.97. The predicted octanol–water partition coefficient (Wildman–Crippen LogP) is 0.385. The number of aromatic nitrogens is 2. The van der Waals surface area contributed by atoms with Crippen molar-refractivity contribution in [3.63, 3.8) is 0 Å². The molecule has 0 spiro atoms. The zero-order valence-electron chi connectivity index (χ0n) is 8.16. The van der Waals surface area contributed by atoms with Crippen molar-refractivity contribution >= 4 is 17.7 Å². The number of nitrogens with one attached hydrogen (secondary N) is 1. The lowest BCUT2D eigenvalue weighted by Crippen LogP contribution is -2.12. The third kappa shape index (κ3) is 1.73. The van der Waals surface area contributed by atoms with Gasteiger partial charge in [0, 0.05) is 14.0 Å². The molecule has 0 fully saturated rings. The van der Waals surface area contributed by atoms with Crippen LogP contribution in [0.3, 0.4) is 0 Å². The Morgan fingerprint density at radius 2 is 2.07 bits per heavy atom. The van der Waals surface area contributed by atoms with E-state index in [9.17, 15) is 9.59 Å². The van der Waals surface area contributed by atoms with Gasteiger partial charge >= 0.3 is 5.97 Å². The fourth-order valence-corrected chi connectivity index (χ4v) is 1.11. The van der Waals surface area contributed by atoms with Gasteiger partial charge in [-0.15, -0.1) is 0 Å². The number of hydrogen-bond acceptors (Lipinski definition) is 3. The molecule has 0 radical (unpaired) electrons. The minimum absolute atomic E-state index is 0.0160.